The lowest BCUT2D eigenvalue weighted by Gasteiger charge is -2.36. The Morgan fingerprint density at radius 1 is 1.30 bits per heavy atom. The van der Waals surface area contributed by atoms with E-state index < -0.39 is 0 Å². The lowest BCUT2D eigenvalue weighted by Crippen LogP contribution is -2.37. The van der Waals surface area contributed by atoms with E-state index in [9.17, 15) is 4.79 Å². The number of nitrogens with one attached hydrogen (secondary N) is 1. The second-order valence-corrected chi connectivity index (χ2v) is 6.00. The zero-order chi connectivity index (χ0) is 14.5. The van der Waals surface area contributed by atoms with Crippen molar-refractivity contribution in [1.29, 1.82) is 0 Å². The molecule has 2 atom stereocenters. The molecule has 1 fully saturated rings. The van der Waals surface area contributed by atoms with Crippen LogP contribution in [0.5, 0.6) is 0 Å². The number of anilines is 1. The molecular weight excluding hydrogens is 252 g/mol. The van der Waals surface area contributed by atoms with Gasteiger partial charge in [-0.25, -0.2) is 0 Å². The molecule has 2 rings (SSSR count). The maximum Gasteiger partial charge on any atom is 0.250 e. The van der Waals surface area contributed by atoms with E-state index in [0.717, 1.165) is 5.69 Å². The van der Waals surface area contributed by atoms with Crippen LogP contribution < -0.4 is 10.9 Å². The van der Waals surface area contributed by atoms with Crippen molar-refractivity contribution < 1.29 is 4.74 Å². The van der Waals surface area contributed by atoms with Gasteiger partial charge in [-0.05, 0) is 30.7 Å². The van der Waals surface area contributed by atoms with Crippen molar-refractivity contribution in [2.24, 2.45) is 11.8 Å². The van der Waals surface area contributed by atoms with Gasteiger partial charge in [0.1, 0.15) is 0 Å². The summed E-state index contributed by atoms with van der Waals surface area (Å²) in [6, 6.07) is 4.02. The maximum atomic E-state index is 11.8. The first-order valence-corrected chi connectivity index (χ1v) is 7.57. The number of hydrogen-bond donors (Lipinski definition) is 1. The fraction of sp³-hybridized carbons (Fsp3) is 0.688. The standard InChI is InChI=1S/C16H26N2O2/c1-12-5-4-6-13(2)16(12)17-14-7-8-15(19)18(11-14)9-10-20-3/h7-8,11-13,16-17H,4-6,9-10H2,1-3H3. The molecule has 1 aromatic heterocycles. The van der Waals surface area contributed by atoms with E-state index in [1.807, 2.05) is 12.3 Å². The van der Waals surface area contributed by atoms with Crippen LogP contribution in [0.2, 0.25) is 0 Å². The number of nitrogens with zero attached hydrogens (tertiary/aromatic N) is 1. The molecule has 0 saturated heterocycles. The molecular formula is C16H26N2O2. The third-order valence-corrected chi connectivity index (χ3v) is 4.40. The maximum absolute atomic E-state index is 11.8. The fourth-order valence-corrected chi connectivity index (χ4v) is 3.14. The van der Waals surface area contributed by atoms with Gasteiger partial charge in [0.15, 0.2) is 0 Å². The Hall–Kier alpha value is -1.29. The Labute approximate surface area is 121 Å². The second kappa shape index (κ2) is 6.93. The number of rotatable bonds is 5. The van der Waals surface area contributed by atoms with Gasteiger partial charge in [-0.15, -0.1) is 0 Å². The number of hydrogen-bond acceptors (Lipinski definition) is 3. The molecule has 4 nitrogen and oxygen atoms in total. The molecule has 1 heterocycles. The van der Waals surface area contributed by atoms with E-state index in [1.54, 1.807) is 17.7 Å². The summed E-state index contributed by atoms with van der Waals surface area (Å²) in [6.07, 6.45) is 5.81. The van der Waals surface area contributed by atoms with E-state index in [1.165, 1.54) is 19.3 Å². The molecule has 0 aliphatic heterocycles. The molecule has 0 spiro atoms. The highest BCUT2D eigenvalue weighted by Gasteiger charge is 2.27. The predicted molar refractivity (Wildman–Crippen MR) is 82.2 cm³/mol. The minimum atomic E-state index is 0.0253. The van der Waals surface area contributed by atoms with Gasteiger partial charge < -0.3 is 14.6 Å². The van der Waals surface area contributed by atoms with Gasteiger partial charge in [0.2, 0.25) is 0 Å². The van der Waals surface area contributed by atoms with Crippen LogP contribution in [0.15, 0.2) is 23.1 Å². The lowest BCUT2D eigenvalue weighted by molar-refractivity contribution is 0.186. The normalized spacial score (nSPS) is 26.4. The van der Waals surface area contributed by atoms with Crippen molar-refractivity contribution in [1.82, 2.24) is 4.57 Å². The highest BCUT2D eigenvalue weighted by molar-refractivity contribution is 5.41. The van der Waals surface area contributed by atoms with E-state index in [-0.39, 0.29) is 5.56 Å². The monoisotopic (exact) mass is 278 g/mol. The van der Waals surface area contributed by atoms with Crippen molar-refractivity contribution in [3.05, 3.63) is 28.7 Å². The van der Waals surface area contributed by atoms with Gasteiger partial charge >= 0.3 is 0 Å². The number of aromatic nitrogens is 1. The molecule has 1 aliphatic rings. The average molecular weight is 278 g/mol. The molecule has 0 radical (unpaired) electrons. The topological polar surface area (TPSA) is 43.3 Å². The molecule has 112 valence electrons. The van der Waals surface area contributed by atoms with Gasteiger partial charge in [0, 0.05) is 32.0 Å². The first-order valence-electron chi connectivity index (χ1n) is 7.57. The van der Waals surface area contributed by atoms with Crippen LogP contribution in [0, 0.1) is 11.8 Å². The van der Waals surface area contributed by atoms with Crippen LogP contribution in [0.3, 0.4) is 0 Å². The smallest absolute Gasteiger partial charge is 0.250 e. The largest absolute Gasteiger partial charge is 0.383 e. The van der Waals surface area contributed by atoms with Crippen LogP contribution >= 0.6 is 0 Å². The Morgan fingerprint density at radius 3 is 2.65 bits per heavy atom. The molecule has 1 aromatic rings. The van der Waals surface area contributed by atoms with E-state index in [2.05, 4.69) is 19.2 Å². The van der Waals surface area contributed by atoms with Crippen molar-refractivity contribution in [3.8, 4) is 0 Å². The quantitative estimate of drug-likeness (QED) is 0.900. The predicted octanol–water partition coefficient (Wildman–Crippen LogP) is 2.73. The van der Waals surface area contributed by atoms with Crippen molar-refractivity contribution in [2.75, 3.05) is 19.0 Å². The van der Waals surface area contributed by atoms with Crippen LogP contribution in [-0.4, -0.2) is 24.3 Å². The van der Waals surface area contributed by atoms with E-state index in [0.29, 0.717) is 31.0 Å². The second-order valence-electron chi connectivity index (χ2n) is 6.00. The summed E-state index contributed by atoms with van der Waals surface area (Å²) in [7, 11) is 1.65. The summed E-state index contributed by atoms with van der Waals surface area (Å²) in [6.45, 7) is 5.78. The van der Waals surface area contributed by atoms with Crippen molar-refractivity contribution in [2.45, 2.75) is 45.7 Å². The van der Waals surface area contributed by atoms with Gasteiger partial charge in [0.25, 0.3) is 5.56 Å². The molecule has 4 heteroatoms. The molecule has 0 bridgehead atoms. The van der Waals surface area contributed by atoms with Gasteiger partial charge in [-0.1, -0.05) is 20.3 Å². The summed E-state index contributed by atoms with van der Waals surface area (Å²) >= 11 is 0. The van der Waals surface area contributed by atoms with Crippen LogP contribution in [0.1, 0.15) is 33.1 Å². The van der Waals surface area contributed by atoms with Crippen LogP contribution in [0.25, 0.3) is 0 Å². The zero-order valence-electron chi connectivity index (χ0n) is 12.8. The van der Waals surface area contributed by atoms with Crippen LogP contribution in [-0.2, 0) is 11.3 Å². The van der Waals surface area contributed by atoms with Crippen LogP contribution in [0.4, 0.5) is 5.69 Å². The highest BCUT2D eigenvalue weighted by atomic mass is 16.5. The Bertz CT molecular complexity index is 474. The van der Waals surface area contributed by atoms with E-state index >= 15 is 0 Å². The Morgan fingerprint density at radius 2 is 2.00 bits per heavy atom. The fourth-order valence-electron chi connectivity index (χ4n) is 3.14. The molecule has 1 N–H and O–H groups in total. The first kappa shape index (κ1) is 15.1. The minimum absolute atomic E-state index is 0.0253. The molecule has 1 aliphatic carbocycles. The Kier molecular flexibility index (Phi) is 5.24. The third-order valence-electron chi connectivity index (χ3n) is 4.40. The summed E-state index contributed by atoms with van der Waals surface area (Å²) < 4.78 is 6.76. The van der Waals surface area contributed by atoms with Gasteiger partial charge in [-0.3, -0.25) is 4.79 Å². The molecule has 20 heavy (non-hydrogen) atoms. The average Bonchev–Trinajstić information content (AvgIpc) is 2.43. The summed E-state index contributed by atoms with van der Waals surface area (Å²) in [5, 5.41) is 3.62. The molecule has 0 aromatic carbocycles. The summed E-state index contributed by atoms with van der Waals surface area (Å²) in [4.78, 5) is 11.8. The van der Waals surface area contributed by atoms with Crippen molar-refractivity contribution in [3.63, 3.8) is 0 Å². The molecule has 0 amide bonds. The van der Waals surface area contributed by atoms with Gasteiger partial charge in [-0.2, -0.15) is 0 Å². The highest BCUT2D eigenvalue weighted by Crippen LogP contribution is 2.31. The first-order chi connectivity index (χ1) is 9.61. The minimum Gasteiger partial charge on any atom is -0.383 e. The van der Waals surface area contributed by atoms with Crippen molar-refractivity contribution >= 4 is 5.69 Å². The van der Waals surface area contributed by atoms with E-state index in [4.69, 9.17) is 4.74 Å². The number of methoxy groups -OCH3 is 1. The number of ether oxygens (including phenoxy) is 1. The summed E-state index contributed by atoms with van der Waals surface area (Å²) in [5.74, 6) is 1.36. The summed E-state index contributed by atoms with van der Waals surface area (Å²) in [5.41, 5.74) is 1.06. The van der Waals surface area contributed by atoms with Gasteiger partial charge in [0.05, 0.1) is 12.3 Å². The lowest BCUT2D eigenvalue weighted by atomic mass is 9.78. The molecule has 2 unspecified atom stereocenters. The third kappa shape index (κ3) is 3.63. The SMILES string of the molecule is COCCn1cc(NC2C(C)CCCC2C)ccc1=O. The number of pyridine rings is 1. The zero-order valence-corrected chi connectivity index (χ0v) is 12.8. The molecule has 1 saturated carbocycles. The Balaban J connectivity index is 2.10.